The van der Waals surface area contributed by atoms with Gasteiger partial charge in [0.2, 0.25) is 0 Å². The van der Waals surface area contributed by atoms with Gasteiger partial charge in [0.05, 0.1) is 13.2 Å². The van der Waals surface area contributed by atoms with Crippen molar-refractivity contribution < 1.29 is 14.3 Å². The Morgan fingerprint density at radius 3 is 2.72 bits per heavy atom. The van der Waals surface area contributed by atoms with Crippen molar-refractivity contribution >= 4 is 5.91 Å². The lowest BCUT2D eigenvalue weighted by Crippen LogP contribution is -2.52. The van der Waals surface area contributed by atoms with E-state index in [4.69, 9.17) is 9.47 Å². The second kappa shape index (κ2) is 7.98. The van der Waals surface area contributed by atoms with E-state index in [9.17, 15) is 4.79 Å². The molecule has 2 heterocycles. The quantitative estimate of drug-likeness (QED) is 0.902. The minimum atomic E-state index is -0.564. The van der Waals surface area contributed by atoms with Gasteiger partial charge in [0.1, 0.15) is 11.5 Å². The van der Waals surface area contributed by atoms with E-state index < -0.39 is 6.10 Å². The normalized spacial score (nSPS) is 18.5. The van der Waals surface area contributed by atoms with Crippen LogP contribution in [0.3, 0.4) is 0 Å². The first-order chi connectivity index (χ1) is 12.2. The number of carbonyl (C=O) groups is 1. The summed E-state index contributed by atoms with van der Waals surface area (Å²) in [4.78, 5) is 19.0. The van der Waals surface area contributed by atoms with Crippen LogP contribution in [0.2, 0.25) is 0 Å². The third-order valence-electron chi connectivity index (χ3n) is 4.32. The Labute approximate surface area is 147 Å². The van der Waals surface area contributed by atoms with Crippen LogP contribution >= 0.6 is 0 Å². The Morgan fingerprint density at radius 2 is 2.04 bits per heavy atom. The van der Waals surface area contributed by atoms with Crippen molar-refractivity contribution in [2.45, 2.75) is 19.1 Å². The number of amides is 1. The van der Waals surface area contributed by atoms with Gasteiger partial charge >= 0.3 is 0 Å². The number of nitrogens with zero attached hydrogens (tertiary/aromatic N) is 2. The summed E-state index contributed by atoms with van der Waals surface area (Å²) in [6, 6.07) is 11.1. The molecule has 2 unspecified atom stereocenters. The molecular weight excluding hydrogens is 318 g/mol. The first-order valence-corrected chi connectivity index (χ1v) is 8.41. The van der Waals surface area contributed by atoms with Gasteiger partial charge in [0.15, 0.2) is 6.10 Å². The molecule has 2 aromatic rings. The van der Waals surface area contributed by atoms with Crippen molar-refractivity contribution in [3.8, 4) is 11.5 Å². The van der Waals surface area contributed by atoms with E-state index in [0.29, 0.717) is 18.8 Å². The standard InChI is InChI=1S/C19H23N3O3/c1-14(25-17-7-5-16(24-2)6-8-17)19(23)22-11-10-21-13-18(22)15-4-3-9-20-12-15/h3-9,12,14,18,21H,10-11,13H2,1-2H3. The van der Waals surface area contributed by atoms with E-state index in [1.54, 1.807) is 32.4 Å². The van der Waals surface area contributed by atoms with Gasteiger partial charge in [-0.2, -0.15) is 0 Å². The lowest BCUT2D eigenvalue weighted by Gasteiger charge is -2.37. The molecule has 0 radical (unpaired) electrons. The van der Waals surface area contributed by atoms with Crippen LogP contribution in [0.5, 0.6) is 11.5 Å². The Hall–Kier alpha value is -2.60. The third kappa shape index (κ3) is 4.09. The number of aromatic nitrogens is 1. The fourth-order valence-electron chi connectivity index (χ4n) is 2.98. The number of benzene rings is 1. The number of carbonyl (C=O) groups excluding carboxylic acids is 1. The summed E-state index contributed by atoms with van der Waals surface area (Å²) in [6.45, 7) is 3.92. The Balaban J connectivity index is 1.70. The van der Waals surface area contributed by atoms with Crippen LogP contribution in [0.1, 0.15) is 18.5 Å². The number of methoxy groups -OCH3 is 1. The molecule has 0 aliphatic carbocycles. The SMILES string of the molecule is COc1ccc(OC(C)C(=O)N2CCNCC2c2cccnc2)cc1. The van der Waals surface area contributed by atoms with E-state index in [1.165, 1.54) is 0 Å². The van der Waals surface area contributed by atoms with Gasteiger partial charge in [-0.05, 0) is 42.8 Å². The van der Waals surface area contributed by atoms with Crippen LogP contribution in [0, 0.1) is 0 Å². The first kappa shape index (κ1) is 17.2. The van der Waals surface area contributed by atoms with Crippen molar-refractivity contribution in [2.75, 3.05) is 26.7 Å². The molecule has 1 fully saturated rings. The Bertz CT molecular complexity index is 691. The topological polar surface area (TPSA) is 63.7 Å². The van der Waals surface area contributed by atoms with Crippen LogP contribution in [0.25, 0.3) is 0 Å². The van der Waals surface area contributed by atoms with Crippen LogP contribution < -0.4 is 14.8 Å². The number of nitrogens with one attached hydrogen (secondary N) is 1. The number of pyridine rings is 1. The van der Waals surface area contributed by atoms with Gasteiger partial charge in [-0.15, -0.1) is 0 Å². The van der Waals surface area contributed by atoms with E-state index in [-0.39, 0.29) is 11.9 Å². The number of piperazine rings is 1. The highest BCUT2D eigenvalue weighted by molar-refractivity contribution is 5.81. The first-order valence-electron chi connectivity index (χ1n) is 8.41. The van der Waals surface area contributed by atoms with Crippen molar-refractivity contribution in [1.29, 1.82) is 0 Å². The molecule has 1 N–H and O–H groups in total. The van der Waals surface area contributed by atoms with Crippen LogP contribution in [-0.2, 0) is 4.79 Å². The summed E-state index contributed by atoms with van der Waals surface area (Å²) >= 11 is 0. The fourth-order valence-corrected chi connectivity index (χ4v) is 2.98. The molecule has 1 aliphatic rings. The average Bonchev–Trinajstić information content (AvgIpc) is 2.68. The molecule has 25 heavy (non-hydrogen) atoms. The van der Waals surface area contributed by atoms with Gasteiger partial charge in [-0.1, -0.05) is 6.07 Å². The average molecular weight is 341 g/mol. The summed E-state index contributed by atoms with van der Waals surface area (Å²) in [5.41, 5.74) is 1.03. The second-order valence-electron chi connectivity index (χ2n) is 5.97. The van der Waals surface area contributed by atoms with Crippen LogP contribution in [0.4, 0.5) is 0 Å². The van der Waals surface area contributed by atoms with Crippen molar-refractivity contribution in [3.05, 3.63) is 54.4 Å². The lowest BCUT2D eigenvalue weighted by atomic mass is 10.0. The summed E-state index contributed by atoms with van der Waals surface area (Å²) in [6.07, 6.45) is 2.99. The lowest BCUT2D eigenvalue weighted by molar-refractivity contribution is -0.141. The molecule has 6 nitrogen and oxygen atoms in total. The molecule has 1 aliphatic heterocycles. The molecule has 0 spiro atoms. The molecule has 0 saturated carbocycles. The minimum Gasteiger partial charge on any atom is -0.497 e. The zero-order valence-corrected chi connectivity index (χ0v) is 14.5. The molecule has 1 amide bonds. The molecule has 0 bridgehead atoms. The maximum atomic E-state index is 12.9. The highest BCUT2D eigenvalue weighted by atomic mass is 16.5. The second-order valence-corrected chi connectivity index (χ2v) is 5.97. The van der Waals surface area contributed by atoms with Crippen LogP contribution in [0.15, 0.2) is 48.8 Å². The molecule has 1 aromatic carbocycles. The number of rotatable bonds is 5. The maximum Gasteiger partial charge on any atom is 0.263 e. The van der Waals surface area contributed by atoms with E-state index in [2.05, 4.69) is 10.3 Å². The monoisotopic (exact) mass is 341 g/mol. The predicted octanol–water partition coefficient (Wildman–Crippen LogP) is 2.03. The largest absolute Gasteiger partial charge is 0.497 e. The van der Waals surface area contributed by atoms with Gasteiger partial charge in [-0.25, -0.2) is 0 Å². The zero-order valence-electron chi connectivity index (χ0n) is 14.5. The molecular formula is C19H23N3O3. The van der Waals surface area contributed by atoms with Gasteiger partial charge in [0, 0.05) is 32.0 Å². The molecule has 1 saturated heterocycles. The molecule has 2 atom stereocenters. The summed E-state index contributed by atoms with van der Waals surface area (Å²) in [7, 11) is 1.62. The number of hydrogen-bond donors (Lipinski definition) is 1. The maximum absolute atomic E-state index is 12.9. The van der Waals surface area contributed by atoms with E-state index >= 15 is 0 Å². The highest BCUT2D eigenvalue weighted by Gasteiger charge is 2.31. The van der Waals surface area contributed by atoms with E-state index in [0.717, 1.165) is 17.9 Å². The predicted molar refractivity (Wildman–Crippen MR) is 94.6 cm³/mol. The minimum absolute atomic E-state index is 0.0221. The molecule has 1 aromatic heterocycles. The Kier molecular flexibility index (Phi) is 5.50. The third-order valence-corrected chi connectivity index (χ3v) is 4.32. The zero-order chi connectivity index (χ0) is 17.6. The highest BCUT2D eigenvalue weighted by Crippen LogP contribution is 2.24. The number of hydrogen-bond acceptors (Lipinski definition) is 5. The molecule has 3 rings (SSSR count). The number of ether oxygens (including phenoxy) is 2. The molecule has 6 heteroatoms. The summed E-state index contributed by atoms with van der Waals surface area (Å²) < 4.78 is 11.0. The van der Waals surface area contributed by atoms with E-state index in [1.807, 2.05) is 35.4 Å². The summed E-state index contributed by atoms with van der Waals surface area (Å²) in [5, 5.41) is 3.34. The van der Waals surface area contributed by atoms with Crippen LogP contribution in [-0.4, -0.2) is 48.6 Å². The molecule has 132 valence electrons. The van der Waals surface area contributed by atoms with Crippen molar-refractivity contribution in [1.82, 2.24) is 15.2 Å². The van der Waals surface area contributed by atoms with Gasteiger partial charge < -0.3 is 19.7 Å². The van der Waals surface area contributed by atoms with Crippen molar-refractivity contribution in [2.24, 2.45) is 0 Å². The fraction of sp³-hybridized carbons (Fsp3) is 0.368. The van der Waals surface area contributed by atoms with Gasteiger partial charge in [0.25, 0.3) is 5.91 Å². The smallest absolute Gasteiger partial charge is 0.263 e. The van der Waals surface area contributed by atoms with Gasteiger partial charge in [-0.3, -0.25) is 9.78 Å². The summed E-state index contributed by atoms with van der Waals surface area (Å²) in [5.74, 6) is 1.38. The van der Waals surface area contributed by atoms with Crippen molar-refractivity contribution in [3.63, 3.8) is 0 Å². The Morgan fingerprint density at radius 1 is 1.28 bits per heavy atom.